The summed E-state index contributed by atoms with van der Waals surface area (Å²) in [6.45, 7) is 8.47. The average Bonchev–Trinajstić information content (AvgIpc) is 2.40. The second-order valence-electron chi connectivity index (χ2n) is 5.02. The monoisotopic (exact) mass is 289 g/mol. The van der Waals surface area contributed by atoms with Crippen molar-refractivity contribution in [2.75, 3.05) is 0 Å². The highest BCUT2D eigenvalue weighted by atomic mass is 19.4. The van der Waals surface area contributed by atoms with Crippen LogP contribution in [0.5, 0.6) is 0 Å². The molecule has 0 N–H and O–H groups in total. The normalized spacial score (nSPS) is 12.6. The van der Waals surface area contributed by atoms with Crippen molar-refractivity contribution in [3.8, 4) is 0 Å². The van der Waals surface area contributed by atoms with Crippen LogP contribution in [-0.4, -0.2) is 4.98 Å². The van der Waals surface area contributed by atoms with Gasteiger partial charge in [0.05, 0.1) is 0 Å². The van der Waals surface area contributed by atoms with Crippen LogP contribution in [0.2, 0.25) is 0 Å². The molecule has 0 saturated heterocycles. The number of unbranched alkanes of at least 4 members (excludes halogenated alkanes) is 2. The van der Waals surface area contributed by atoms with E-state index in [1.807, 2.05) is 13.8 Å². The van der Waals surface area contributed by atoms with Crippen molar-refractivity contribution < 1.29 is 13.2 Å². The lowest BCUT2D eigenvalue weighted by Gasteiger charge is -2.11. The Morgan fingerprint density at radius 1 is 1.05 bits per heavy atom. The van der Waals surface area contributed by atoms with Gasteiger partial charge in [-0.05, 0) is 24.0 Å². The van der Waals surface area contributed by atoms with Crippen molar-refractivity contribution in [3.63, 3.8) is 0 Å². The molecule has 20 heavy (non-hydrogen) atoms. The minimum Gasteiger partial charge on any atom is -0.251 e. The second kappa shape index (κ2) is 9.78. The van der Waals surface area contributed by atoms with Gasteiger partial charge in [-0.3, -0.25) is 4.98 Å². The third-order valence-corrected chi connectivity index (χ3v) is 3.07. The summed E-state index contributed by atoms with van der Waals surface area (Å²) in [7, 11) is 0. The van der Waals surface area contributed by atoms with Gasteiger partial charge < -0.3 is 0 Å². The predicted molar refractivity (Wildman–Crippen MR) is 77.8 cm³/mol. The fourth-order valence-corrected chi connectivity index (χ4v) is 1.82. The lowest BCUT2D eigenvalue weighted by atomic mass is 9.98. The van der Waals surface area contributed by atoms with E-state index in [4.69, 9.17) is 0 Å². The number of rotatable bonds is 5. The molecule has 0 aliphatic carbocycles. The van der Waals surface area contributed by atoms with E-state index in [2.05, 4.69) is 18.8 Å². The third-order valence-electron chi connectivity index (χ3n) is 3.07. The highest BCUT2D eigenvalue weighted by Gasteiger charge is 2.32. The molecule has 0 radical (unpaired) electrons. The van der Waals surface area contributed by atoms with Crippen LogP contribution in [0, 0.1) is 0 Å². The van der Waals surface area contributed by atoms with E-state index in [1.54, 1.807) is 0 Å². The molecule has 0 amide bonds. The SMILES string of the molecule is CCCC(C)c1ccc(C(F)(F)F)nc1.CCCCC. The molecule has 1 nitrogen and oxygen atoms in total. The first kappa shape index (κ1) is 18.9. The molecule has 1 heterocycles. The maximum absolute atomic E-state index is 12.2. The van der Waals surface area contributed by atoms with Crippen LogP contribution < -0.4 is 0 Å². The van der Waals surface area contributed by atoms with Gasteiger partial charge in [0, 0.05) is 6.20 Å². The molecule has 1 atom stereocenters. The summed E-state index contributed by atoms with van der Waals surface area (Å²) in [6, 6.07) is 2.55. The number of aromatic nitrogens is 1. The lowest BCUT2D eigenvalue weighted by molar-refractivity contribution is -0.141. The summed E-state index contributed by atoms with van der Waals surface area (Å²) in [4.78, 5) is 3.43. The average molecular weight is 289 g/mol. The molecule has 0 bridgehead atoms. The molecule has 0 aliphatic rings. The molecule has 4 heteroatoms. The fourth-order valence-electron chi connectivity index (χ4n) is 1.82. The molecule has 1 aromatic rings. The number of pyridine rings is 1. The van der Waals surface area contributed by atoms with E-state index in [-0.39, 0.29) is 5.92 Å². The molecule has 0 spiro atoms. The van der Waals surface area contributed by atoms with Crippen molar-refractivity contribution in [2.45, 2.75) is 71.9 Å². The Bertz CT molecular complexity index is 342. The summed E-state index contributed by atoms with van der Waals surface area (Å²) in [6.07, 6.45) is 3.04. The Morgan fingerprint density at radius 3 is 1.95 bits per heavy atom. The molecule has 116 valence electrons. The van der Waals surface area contributed by atoms with Crippen LogP contribution in [0.1, 0.15) is 77.0 Å². The van der Waals surface area contributed by atoms with Crippen LogP contribution >= 0.6 is 0 Å². The Kier molecular flexibility index (Phi) is 9.26. The van der Waals surface area contributed by atoms with E-state index < -0.39 is 11.9 Å². The number of alkyl halides is 3. The fraction of sp³-hybridized carbons (Fsp3) is 0.688. The van der Waals surface area contributed by atoms with Crippen molar-refractivity contribution >= 4 is 0 Å². The zero-order valence-corrected chi connectivity index (χ0v) is 12.9. The van der Waals surface area contributed by atoms with Gasteiger partial charge in [-0.15, -0.1) is 0 Å². The van der Waals surface area contributed by atoms with E-state index in [0.717, 1.165) is 24.5 Å². The molecule has 1 unspecified atom stereocenters. The first-order chi connectivity index (χ1) is 9.36. The highest BCUT2D eigenvalue weighted by molar-refractivity contribution is 5.19. The summed E-state index contributed by atoms with van der Waals surface area (Å²) >= 11 is 0. The zero-order valence-electron chi connectivity index (χ0n) is 12.9. The van der Waals surface area contributed by atoms with Crippen LogP contribution in [-0.2, 0) is 6.18 Å². The van der Waals surface area contributed by atoms with Gasteiger partial charge in [0.2, 0.25) is 0 Å². The van der Waals surface area contributed by atoms with Crippen molar-refractivity contribution in [1.82, 2.24) is 4.98 Å². The van der Waals surface area contributed by atoms with Gasteiger partial charge in [-0.1, -0.05) is 59.4 Å². The van der Waals surface area contributed by atoms with Gasteiger partial charge in [-0.2, -0.15) is 13.2 Å². The third kappa shape index (κ3) is 7.51. The molecule has 0 saturated carbocycles. The Balaban J connectivity index is 0.000000621. The van der Waals surface area contributed by atoms with Gasteiger partial charge in [-0.25, -0.2) is 0 Å². The van der Waals surface area contributed by atoms with Gasteiger partial charge in [0.1, 0.15) is 5.69 Å². The van der Waals surface area contributed by atoms with E-state index in [9.17, 15) is 13.2 Å². The predicted octanol–water partition coefficient (Wildman–Crippen LogP) is 6.20. The number of hydrogen-bond donors (Lipinski definition) is 0. The van der Waals surface area contributed by atoms with Crippen LogP contribution in [0.3, 0.4) is 0 Å². The Morgan fingerprint density at radius 2 is 1.65 bits per heavy atom. The van der Waals surface area contributed by atoms with E-state index >= 15 is 0 Å². The summed E-state index contributed by atoms with van der Waals surface area (Å²) in [5.74, 6) is 0.268. The summed E-state index contributed by atoms with van der Waals surface area (Å²) in [5, 5.41) is 0. The highest BCUT2D eigenvalue weighted by Crippen LogP contribution is 2.28. The first-order valence-electron chi connectivity index (χ1n) is 7.39. The molecular formula is C16H26F3N. The molecule has 1 rings (SSSR count). The molecule has 0 aromatic carbocycles. The first-order valence-corrected chi connectivity index (χ1v) is 7.39. The van der Waals surface area contributed by atoms with Crippen molar-refractivity contribution in [1.29, 1.82) is 0 Å². The quantitative estimate of drug-likeness (QED) is 0.628. The van der Waals surface area contributed by atoms with E-state index in [0.29, 0.717) is 0 Å². The topological polar surface area (TPSA) is 12.9 Å². The number of hydrogen-bond acceptors (Lipinski definition) is 1. The summed E-state index contributed by atoms with van der Waals surface area (Å²) < 4.78 is 36.6. The lowest BCUT2D eigenvalue weighted by Crippen LogP contribution is -2.08. The van der Waals surface area contributed by atoms with Gasteiger partial charge >= 0.3 is 6.18 Å². The van der Waals surface area contributed by atoms with Crippen LogP contribution in [0.25, 0.3) is 0 Å². The van der Waals surface area contributed by atoms with Gasteiger partial charge in [0.25, 0.3) is 0 Å². The zero-order chi connectivity index (χ0) is 15.6. The van der Waals surface area contributed by atoms with Gasteiger partial charge in [0.15, 0.2) is 0 Å². The van der Waals surface area contributed by atoms with Crippen LogP contribution in [0.15, 0.2) is 18.3 Å². The molecular weight excluding hydrogens is 263 g/mol. The molecule has 0 aliphatic heterocycles. The molecule has 0 fully saturated rings. The largest absolute Gasteiger partial charge is 0.433 e. The standard InChI is InChI=1S/C11H14F3N.C5H12/c1-3-4-8(2)9-5-6-10(15-7-9)11(12,13)14;1-3-5-4-2/h5-8H,3-4H2,1-2H3;3-5H2,1-2H3. The van der Waals surface area contributed by atoms with Crippen molar-refractivity contribution in [2.24, 2.45) is 0 Å². The minimum atomic E-state index is -4.34. The number of nitrogens with zero attached hydrogens (tertiary/aromatic N) is 1. The van der Waals surface area contributed by atoms with E-state index in [1.165, 1.54) is 31.5 Å². The second-order valence-corrected chi connectivity index (χ2v) is 5.02. The smallest absolute Gasteiger partial charge is 0.251 e. The summed E-state index contributed by atoms with van der Waals surface area (Å²) in [5.41, 5.74) is 0.0415. The maximum atomic E-state index is 12.2. The Hall–Kier alpha value is -1.06. The van der Waals surface area contributed by atoms with Crippen molar-refractivity contribution in [3.05, 3.63) is 29.6 Å². The maximum Gasteiger partial charge on any atom is 0.433 e. The Labute approximate surface area is 120 Å². The molecule has 1 aromatic heterocycles. The minimum absolute atomic E-state index is 0.268. The van der Waals surface area contributed by atoms with Crippen LogP contribution in [0.4, 0.5) is 13.2 Å². The number of halogens is 3.